The van der Waals surface area contributed by atoms with E-state index in [1.807, 2.05) is 6.07 Å². The largest absolute Gasteiger partial charge is 0.416 e. The number of rotatable bonds is 6. The van der Waals surface area contributed by atoms with E-state index in [2.05, 4.69) is 15.5 Å². The molecule has 0 aliphatic heterocycles. The highest BCUT2D eigenvalue weighted by atomic mass is 19.4. The van der Waals surface area contributed by atoms with E-state index in [0.29, 0.717) is 22.2 Å². The van der Waals surface area contributed by atoms with Gasteiger partial charge in [-0.05, 0) is 41.5 Å². The van der Waals surface area contributed by atoms with Crippen molar-refractivity contribution >= 4 is 29.0 Å². The minimum atomic E-state index is -4.42. The summed E-state index contributed by atoms with van der Waals surface area (Å²) in [5, 5.41) is 19.3. The Morgan fingerprint density at radius 3 is 2.41 bits per heavy atom. The second kappa shape index (κ2) is 9.48. The number of carbonyl (C=O) groups excluding carboxylic acids is 1. The van der Waals surface area contributed by atoms with Crippen molar-refractivity contribution in [2.45, 2.75) is 12.2 Å². The van der Waals surface area contributed by atoms with Crippen LogP contribution in [0.1, 0.15) is 38.8 Å². The molecule has 0 aliphatic carbocycles. The van der Waals surface area contributed by atoms with Gasteiger partial charge in [-0.3, -0.25) is 9.89 Å². The zero-order valence-corrected chi connectivity index (χ0v) is 17.6. The lowest BCUT2D eigenvalue weighted by Gasteiger charge is -2.16. The topological polar surface area (TPSA) is 78.0 Å². The van der Waals surface area contributed by atoms with Crippen molar-refractivity contribution in [3.05, 3.63) is 100 Å². The van der Waals surface area contributed by atoms with E-state index in [1.165, 1.54) is 18.2 Å². The van der Waals surface area contributed by atoms with Crippen LogP contribution in [-0.4, -0.2) is 27.8 Å². The van der Waals surface area contributed by atoms with Crippen molar-refractivity contribution in [2.24, 2.45) is 0 Å². The number of hydrogen-bond donors (Lipinski definition) is 3. The predicted octanol–water partition coefficient (Wildman–Crippen LogP) is 5.35. The monoisotopic (exact) mass is 469 g/mol. The van der Waals surface area contributed by atoms with Crippen LogP contribution >= 0.6 is 0 Å². The number of benzene rings is 3. The molecule has 0 saturated heterocycles. The summed E-state index contributed by atoms with van der Waals surface area (Å²) in [6.07, 6.45) is -1.33. The summed E-state index contributed by atoms with van der Waals surface area (Å²) in [6.45, 7) is -0.340. The van der Waals surface area contributed by atoms with Gasteiger partial charge in [-0.2, -0.15) is 18.3 Å². The second-order valence-corrected chi connectivity index (χ2v) is 7.56. The normalized spacial score (nSPS) is 12.9. The molecule has 4 aromatic rings. The first kappa shape index (κ1) is 23.2. The van der Waals surface area contributed by atoms with Gasteiger partial charge in [-0.1, -0.05) is 48.5 Å². The second-order valence-electron chi connectivity index (χ2n) is 7.56. The Morgan fingerprint density at radius 2 is 1.76 bits per heavy atom. The maximum absolute atomic E-state index is 14.6. The van der Waals surface area contributed by atoms with Gasteiger partial charge in [0, 0.05) is 10.9 Å². The van der Waals surface area contributed by atoms with E-state index < -0.39 is 29.5 Å². The summed E-state index contributed by atoms with van der Waals surface area (Å²) in [6, 6.07) is 15.3. The van der Waals surface area contributed by atoms with Crippen molar-refractivity contribution < 1.29 is 27.5 Å². The van der Waals surface area contributed by atoms with Crippen LogP contribution in [0.4, 0.5) is 17.6 Å². The molecule has 0 aliphatic rings. The number of aliphatic hydroxyl groups is 1. The predicted molar refractivity (Wildman–Crippen MR) is 120 cm³/mol. The lowest BCUT2D eigenvalue weighted by atomic mass is 10.1. The zero-order valence-electron chi connectivity index (χ0n) is 17.6. The van der Waals surface area contributed by atoms with Crippen LogP contribution in [0.15, 0.2) is 66.7 Å². The number of nitrogens with zero attached hydrogens (tertiary/aromatic N) is 1. The number of aromatic amines is 1. The van der Waals surface area contributed by atoms with Gasteiger partial charge in [0.25, 0.3) is 5.91 Å². The minimum absolute atomic E-state index is 0.0189. The molecule has 0 spiro atoms. The molecule has 1 aromatic heterocycles. The average Bonchev–Trinajstić information content (AvgIpc) is 3.25. The minimum Gasteiger partial charge on any atom is -0.394 e. The number of nitrogens with one attached hydrogen (secondary N) is 2. The molecule has 0 unspecified atom stereocenters. The number of aliphatic hydroxyl groups excluding tert-OH is 1. The fourth-order valence-corrected chi connectivity index (χ4v) is 3.48. The van der Waals surface area contributed by atoms with E-state index >= 15 is 0 Å². The van der Waals surface area contributed by atoms with Crippen LogP contribution < -0.4 is 5.32 Å². The molecule has 1 heterocycles. The molecule has 34 heavy (non-hydrogen) atoms. The van der Waals surface area contributed by atoms with Crippen LogP contribution in [0.3, 0.4) is 0 Å². The lowest BCUT2D eigenvalue weighted by molar-refractivity contribution is -0.137. The maximum atomic E-state index is 14.6. The van der Waals surface area contributed by atoms with Crippen LogP contribution in [0.2, 0.25) is 0 Å². The Kier molecular flexibility index (Phi) is 6.47. The van der Waals surface area contributed by atoms with Gasteiger partial charge in [0.05, 0.1) is 23.9 Å². The zero-order chi connectivity index (χ0) is 24.3. The molecule has 9 heteroatoms. The Morgan fingerprint density at radius 1 is 1.06 bits per heavy atom. The summed E-state index contributed by atoms with van der Waals surface area (Å²) >= 11 is 0. The van der Waals surface area contributed by atoms with Crippen LogP contribution in [0, 0.1) is 5.82 Å². The summed E-state index contributed by atoms with van der Waals surface area (Å²) in [5.74, 6) is -1.30. The van der Waals surface area contributed by atoms with Crippen LogP contribution in [-0.2, 0) is 6.18 Å². The molecular weight excluding hydrogens is 450 g/mol. The molecule has 1 amide bonds. The third kappa shape index (κ3) is 4.99. The smallest absolute Gasteiger partial charge is 0.394 e. The molecule has 3 aromatic carbocycles. The van der Waals surface area contributed by atoms with Gasteiger partial charge in [0.2, 0.25) is 0 Å². The molecule has 5 nitrogen and oxygen atoms in total. The molecule has 174 valence electrons. The molecule has 0 bridgehead atoms. The quantitative estimate of drug-likeness (QED) is 0.333. The number of hydrogen-bond acceptors (Lipinski definition) is 3. The molecule has 1 atom stereocenters. The van der Waals surface area contributed by atoms with Crippen molar-refractivity contribution in [3.63, 3.8) is 0 Å². The Balaban J connectivity index is 1.59. The number of H-pyrrole nitrogens is 1. The van der Waals surface area contributed by atoms with Gasteiger partial charge in [-0.15, -0.1) is 0 Å². The molecular formula is C25H19F4N3O2. The molecule has 4 rings (SSSR count). The Hall–Kier alpha value is -3.98. The fourth-order valence-electron chi connectivity index (χ4n) is 3.48. The molecule has 0 radical (unpaired) electrons. The van der Waals surface area contributed by atoms with E-state index in [-0.39, 0.29) is 17.7 Å². The molecule has 0 saturated carbocycles. The van der Waals surface area contributed by atoms with Crippen molar-refractivity contribution in [3.8, 4) is 0 Å². The lowest BCUT2D eigenvalue weighted by Crippen LogP contribution is -2.30. The number of fused-ring (bicyclic) bond motifs is 1. The van der Waals surface area contributed by atoms with Crippen LogP contribution in [0.25, 0.3) is 23.1 Å². The first-order chi connectivity index (χ1) is 16.3. The molecule has 3 N–H and O–H groups in total. The summed E-state index contributed by atoms with van der Waals surface area (Å²) in [4.78, 5) is 12.8. The Bertz CT molecular complexity index is 1330. The number of carbonyl (C=O) groups is 1. The van der Waals surface area contributed by atoms with Crippen molar-refractivity contribution in [1.82, 2.24) is 15.5 Å². The van der Waals surface area contributed by atoms with Gasteiger partial charge in [0.1, 0.15) is 5.52 Å². The first-order valence-corrected chi connectivity index (χ1v) is 10.3. The third-order valence-corrected chi connectivity index (χ3v) is 5.27. The van der Waals surface area contributed by atoms with E-state index in [0.717, 1.165) is 18.2 Å². The summed E-state index contributed by atoms with van der Waals surface area (Å²) in [5.41, 5.74) is 0.869. The number of alkyl halides is 3. The van der Waals surface area contributed by atoms with E-state index in [9.17, 15) is 27.5 Å². The SMILES string of the molecule is O=C(N[C@H](CO)c1ccccc1)c1cc(F)c2n[nH]c(C=Cc3ccc(C(F)(F)F)cc3)c2c1. The highest BCUT2D eigenvalue weighted by molar-refractivity contribution is 6.00. The standard InChI is InChI=1S/C25H19F4N3O2/c26-20-13-17(24(34)30-22(14-33)16-4-2-1-3-5-16)12-19-21(31-32-23(19)20)11-8-15-6-9-18(10-7-15)25(27,28)29/h1-13,22,33H,14H2,(H,30,34)(H,31,32)/t22-/m1/s1. The average molecular weight is 469 g/mol. The van der Waals surface area contributed by atoms with Gasteiger partial charge >= 0.3 is 6.18 Å². The van der Waals surface area contributed by atoms with Crippen molar-refractivity contribution in [1.29, 1.82) is 0 Å². The van der Waals surface area contributed by atoms with E-state index in [4.69, 9.17) is 0 Å². The van der Waals surface area contributed by atoms with Crippen molar-refractivity contribution in [2.75, 3.05) is 6.61 Å². The van der Waals surface area contributed by atoms with E-state index in [1.54, 1.807) is 36.4 Å². The summed E-state index contributed by atoms with van der Waals surface area (Å²) < 4.78 is 52.8. The van der Waals surface area contributed by atoms with Gasteiger partial charge in [-0.25, -0.2) is 4.39 Å². The maximum Gasteiger partial charge on any atom is 0.416 e. The Labute approximate surface area is 191 Å². The fraction of sp³-hybridized carbons (Fsp3) is 0.120. The van der Waals surface area contributed by atoms with Gasteiger partial charge in [0.15, 0.2) is 5.82 Å². The number of halogens is 4. The third-order valence-electron chi connectivity index (χ3n) is 5.27. The first-order valence-electron chi connectivity index (χ1n) is 10.3. The number of aromatic nitrogens is 2. The number of amides is 1. The highest BCUT2D eigenvalue weighted by Gasteiger charge is 2.29. The highest BCUT2D eigenvalue weighted by Crippen LogP contribution is 2.29. The summed E-state index contributed by atoms with van der Waals surface area (Å²) in [7, 11) is 0. The van der Waals surface area contributed by atoms with Crippen LogP contribution in [0.5, 0.6) is 0 Å². The molecule has 0 fully saturated rings. The van der Waals surface area contributed by atoms with Gasteiger partial charge < -0.3 is 10.4 Å².